The fourth-order valence-corrected chi connectivity index (χ4v) is 2.79. The van der Waals surface area contributed by atoms with Crippen LogP contribution in [0, 0.1) is 0 Å². The van der Waals surface area contributed by atoms with Crippen molar-refractivity contribution in [2.75, 3.05) is 25.1 Å². The summed E-state index contributed by atoms with van der Waals surface area (Å²) in [6.07, 6.45) is 7.10. The van der Waals surface area contributed by atoms with Gasteiger partial charge in [0.15, 0.2) is 0 Å². The van der Waals surface area contributed by atoms with Gasteiger partial charge in [0.2, 0.25) is 11.8 Å². The smallest absolute Gasteiger partial charge is 0.253 e. The van der Waals surface area contributed by atoms with Crippen molar-refractivity contribution in [3.8, 4) is 5.88 Å². The number of hydrogen-bond acceptors (Lipinski definition) is 5. The van der Waals surface area contributed by atoms with Crippen molar-refractivity contribution in [1.82, 2.24) is 19.9 Å². The highest BCUT2D eigenvalue weighted by atomic mass is 16.5. The fourth-order valence-electron chi connectivity index (χ4n) is 2.79. The highest BCUT2D eigenvalue weighted by molar-refractivity contribution is 5.94. The lowest BCUT2D eigenvalue weighted by Crippen LogP contribution is -2.45. The predicted octanol–water partition coefficient (Wildman–Crippen LogP) is 1.22. The van der Waals surface area contributed by atoms with E-state index in [0.29, 0.717) is 11.4 Å². The van der Waals surface area contributed by atoms with E-state index in [1.54, 1.807) is 25.4 Å². The summed E-state index contributed by atoms with van der Waals surface area (Å²) in [5, 5.41) is 3.08. The first-order valence-corrected chi connectivity index (χ1v) is 7.70. The van der Waals surface area contributed by atoms with Gasteiger partial charge in [0.25, 0.3) is 5.91 Å². The number of rotatable bonds is 4. The van der Waals surface area contributed by atoms with Gasteiger partial charge < -0.3 is 19.5 Å². The summed E-state index contributed by atoms with van der Waals surface area (Å²) in [5.74, 6) is 1.40. The summed E-state index contributed by atoms with van der Waals surface area (Å²) in [4.78, 5) is 22.9. The molecule has 3 heterocycles. The number of amides is 1. The number of hydrogen-bond donors (Lipinski definition) is 1. The van der Waals surface area contributed by atoms with Crippen LogP contribution in [0.25, 0.3) is 0 Å². The molecule has 7 nitrogen and oxygen atoms in total. The topological polar surface area (TPSA) is 72.3 Å². The molecule has 7 heteroatoms. The largest absolute Gasteiger partial charge is 0.481 e. The number of piperidine rings is 1. The molecule has 1 aliphatic heterocycles. The Hall–Kier alpha value is -2.57. The maximum atomic E-state index is 12.3. The van der Waals surface area contributed by atoms with E-state index >= 15 is 0 Å². The molecule has 0 aliphatic carbocycles. The van der Waals surface area contributed by atoms with E-state index in [1.165, 1.54) is 6.20 Å². The Balaban J connectivity index is 1.54. The van der Waals surface area contributed by atoms with Gasteiger partial charge in [-0.1, -0.05) is 0 Å². The standard InChI is InChI=1S/C16H21N5O2/c1-20-10-7-17-16(20)21-8-5-13(6-9-21)19-15(22)12-3-4-14(23-2)18-11-12/h3-4,7,10-11,13H,5-6,8-9H2,1-2H3,(H,19,22). The van der Waals surface area contributed by atoms with Gasteiger partial charge in [-0.3, -0.25) is 4.79 Å². The van der Waals surface area contributed by atoms with Crippen molar-refractivity contribution < 1.29 is 9.53 Å². The summed E-state index contributed by atoms with van der Waals surface area (Å²) < 4.78 is 7.02. The molecular formula is C16H21N5O2. The molecular weight excluding hydrogens is 294 g/mol. The van der Waals surface area contributed by atoms with Gasteiger partial charge >= 0.3 is 0 Å². The van der Waals surface area contributed by atoms with Crippen LogP contribution in [0.2, 0.25) is 0 Å². The molecule has 1 amide bonds. The first-order valence-electron chi connectivity index (χ1n) is 7.70. The van der Waals surface area contributed by atoms with Gasteiger partial charge in [-0.15, -0.1) is 0 Å². The second-order valence-electron chi connectivity index (χ2n) is 5.66. The number of carbonyl (C=O) groups excluding carboxylic acids is 1. The zero-order valence-electron chi connectivity index (χ0n) is 13.4. The SMILES string of the molecule is COc1ccc(C(=O)NC2CCN(c3nccn3C)CC2)cn1. The Kier molecular flexibility index (Phi) is 4.45. The molecule has 0 radical (unpaired) electrons. The molecule has 23 heavy (non-hydrogen) atoms. The Morgan fingerprint density at radius 2 is 2.09 bits per heavy atom. The van der Waals surface area contributed by atoms with Crippen LogP contribution in [-0.2, 0) is 7.05 Å². The zero-order valence-corrected chi connectivity index (χ0v) is 13.4. The maximum Gasteiger partial charge on any atom is 0.253 e. The third-order valence-corrected chi connectivity index (χ3v) is 4.12. The van der Waals surface area contributed by atoms with Gasteiger partial charge in [-0.2, -0.15) is 0 Å². The van der Waals surface area contributed by atoms with Crippen LogP contribution in [0.1, 0.15) is 23.2 Å². The highest BCUT2D eigenvalue weighted by Crippen LogP contribution is 2.18. The molecule has 2 aromatic rings. The van der Waals surface area contributed by atoms with E-state index in [1.807, 2.05) is 17.8 Å². The van der Waals surface area contributed by atoms with E-state index in [2.05, 4.69) is 20.2 Å². The van der Waals surface area contributed by atoms with E-state index in [0.717, 1.165) is 31.9 Å². The Morgan fingerprint density at radius 3 is 2.65 bits per heavy atom. The summed E-state index contributed by atoms with van der Waals surface area (Å²) >= 11 is 0. The van der Waals surface area contributed by atoms with Crippen molar-refractivity contribution in [2.45, 2.75) is 18.9 Å². The van der Waals surface area contributed by atoms with E-state index in [-0.39, 0.29) is 11.9 Å². The molecule has 1 aliphatic rings. The van der Waals surface area contributed by atoms with Crippen LogP contribution in [0.4, 0.5) is 5.95 Å². The minimum Gasteiger partial charge on any atom is -0.481 e. The van der Waals surface area contributed by atoms with E-state index < -0.39 is 0 Å². The summed E-state index contributed by atoms with van der Waals surface area (Å²) in [6.45, 7) is 1.77. The van der Waals surface area contributed by atoms with Crippen LogP contribution in [0.3, 0.4) is 0 Å². The first-order chi connectivity index (χ1) is 11.2. The Bertz CT molecular complexity index is 659. The van der Waals surface area contributed by atoms with Crippen molar-refractivity contribution in [3.63, 3.8) is 0 Å². The molecule has 0 aromatic carbocycles. The van der Waals surface area contributed by atoms with Crippen molar-refractivity contribution in [2.24, 2.45) is 7.05 Å². The molecule has 1 saturated heterocycles. The summed E-state index contributed by atoms with van der Waals surface area (Å²) in [5.41, 5.74) is 0.553. The van der Waals surface area contributed by atoms with E-state index in [9.17, 15) is 4.79 Å². The van der Waals surface area contributed by atoms with Gasteiger partial charge in [0.1, 0.15) is 0 Å². The van der Waals surface area contributed by atoms with Gasteiger partial charge in [0.05, 0.1) is 12.7 Å². The number of pyridine rings is 1. The average Bonchev–Trinajstić information content (AvgIpc) is 3.01. The van der Waals surface area contributed by atoms with Crippen LogP contribution in [0.15, 0.2) is 30.7 Å². The number of aromatic nitrogens is 3. The monoisotopic (exact) mass is 315 g/mol. The predicted molar refractivity (Wildman–Crippen MR) is 86.7 cm³/mol. The molecule has 1 N–H and O–H groups in total. The van der Waals surface area contributed by atoms with Crippen molar-refractivity contribution in [1.29, 1.82) is 0 Å². The Labute approximate surface area is 135 Å². The Morgan fingerprint density at radius 1 is 1.30 bits per heavy atom. The molecule has 0 atom stereocenters. The number of nitrogens with one attached hydrogen (secondary N) is 1. The lowest BCUT2D eigenvalue weighted by molar-refractivity contribution is 0.0930. The average molecular weight is 315 g/mol. The van der Waals surface area contributed by atoms with Gasteiger partial charge in [-0.25, -0.2) is 9.97 Å². The number of methoxy groups -OCH3 is 1. The third kappa shape index (κ3) is 3.44. The lowest BCUT2D eigenvalue weighted by Gasteiger charge is -2.33. The number of carbonyl (C=O) groups is 1. The minimum atomic E-state index is -0.0874. The molecule has 3 rings (SSSR count). The number of nitrogens with zero attached hydrogens (tertiary/aromatic N) is 4. The quantitative estimate of drug-likeness (QED) is 0.918. The molecule has 0 unspecified atom stereocenters. The molecule has 0 spiro atoms. The van der Waals surface area contributed by atoms with Crippen LogP contribution in [0.5, 0.6) is 5.88 Å². The second-order valence-corrected chi connectivity index (χ2v) is 5.66. The highest BCUT2D eigenvalue weighted by Gasteiger charge is 2.23. The van der Waals surface area contributed by atoms with Crippen molar-refractivity contribution in [3.05, 3.63) is 36.3 Å². The number of imidazole rings is 1. The zero-order chi connectivity index (χ0) is 16.2. The molecule has 0 saturated carbocycles. The number of ether oxygens (including phenoxy) is 1. The van der Waals surface area contributed by atoms with Crippen molar-refractivity contribution >= 4 is 11.9 Å². The normalized spacial score (nSPS) is 15.5. The van der Waals surface area contributed by atoms with Crippen LogP contribution in [-0.4, -0.2) is 46.7 Å². The lowest BCUT2D eigenvalue weighted by atomic mass is 10.0. The molecule has 122 valence electrons. The van der Waals surface area contributed by atoms with Crippen LogP contribution < -0.4 is 15.0 Å². The van der Waals surface area contributed by atoms with E-state index in [4.69, 9.17) is 4.74 Å². The summed E-state index contributed by atoms with van der Waals surface area (Å²) in [6, 6.07) is 3.60. The first kappa shape index (κ1) is 15.3. The second kappa shape index (κ2) is 6.68. The molecule has 0 bridgehead atoms. The number of aryl methyl sites for hydroxylation is 1. The minimum absolute atomic E-state index is 0.0874. The maximum absolute atomic E-state index is 12.3. The molecule has 1 fully saturated rings. The molecule has 2 aromatic heterocycles. The fraction of sp³-hybridized carbons (Fsp3) is 0.438. The number of anilines is 1. The third-order valence-electron chi connectivity index (χ3n) is 4.12. The van der Waals surface area contributed by atoms with Crippen LogP contribution >= 0.6 is 0 Å². The van der Waals surface area contributed by atoms with Gasteiger partial charge in [0, 0.05) is 50.8 Å². The summed E-state index contributed by atoms with van der Waals surface area (Å²) in [7, 11) is 3.55. The van der Waals surface area contributed by atoms with Gasteiger partial charge in [-0.05, 0) is 18.9 Å².